The second-order valence-corrected chi connectivity index (χ2v) is 6.57. The lowest BCUT2D eigenvalue weighted by atomic mass is 10.1. The summed E-state index contributed by atoms with van der Waals surface area (Å²) in [7, 11) is 0. The summed E-state index contributed by atoms with van der Waals surface area (Å²) in [4.78, 5) is 38.9. The third-order valence-corrected chi connectivity index (χ3v) is 4.70. The van der Waals surface area contributed by atoms with Gasteiger partial charge in [0.25, 0.3) is 5.91 Å². The van der Waals surface area contributed by atoms with Crippen molar-refractivity contribution in [3.63, 3.8) is 0 Å². The van der Waals surface area contributed by atoms with E-state index in [1.165, 1.54) is 4.90 Å². The van der Waals surface area contributed by atoms with Gasteiger partial charge >= 0.3 is 5.97 Å². The Bertz CT molecular complexity index is 651. The lowest BCUT2D eigenvalue weighted by molar-refractivity contribution is -0.141. The van der Waals surface area contributed by atoms with Gasteiger partial charge in [-0.05, 0) is 43.9 Å². The molecular weight excluding hydrogens is 308 g/mol. The summed E-state index contributed by atoms with van der Waals surface area (Å²) in [6.45, 7) is 2.89. The fourth-order valence-electron chi connectivity index (χ4n) is 3.12. The Morgan fingerprint density at radius 2 is 1.96 bits per heavy atom. The first-order valence-corrected chi connectivity index (χ1v) is 8.39. The van der Waals surface area contributed by atoms with Crippen LogP contribution in [0.3, 0.4) is 0 Å². The number of carboxylic acids is 1. The fraction of sp³-hybridized carbons (Fsp3) is 0.500. The highest BCUT2D eigenvalue weighted by Gasteiger charge is 2.38. The van der Waals surface area contributed by atoms with E-state index in [2.05, 4.69) is 0 Å². The number of hydrogen-bond donors (Lipinski definition) is 1. The van der Waals surface area contributed by atoms with Crippen molar-refractivity contribution in [3.05, 3.63) is 35.4 Å². The molecule has 1 aliphatic heterocycles. The largest absolute Gasteiger partial charge is 0.480 e. The van der Waals surface area contributed by atoms with Crippen molar-refractivity contribution >= 4 is 17.8 Å². The van der Waals surface area contributed by atoms with E-state index in [-0.39, 0.29) is 17.9 Å². The van der Waals surface area contributed by atoms with E-state index in [4.69, 9.17) is 0 Å². The summed E-state index contributed by atoms with van der Waals surface area (Å²) in [5.41, 5.74) is 1.47. The Kier molecular flexibility index (Phi) is 4.55. The first kappa shape index (κ1) is 16.5. The number of carboxylic acid groups (broad SMARTS) is 1. The molecule has 1 aromatic rings. The van der Waals surface area contributed by atoms with Crippen LogP contribution in [0.25, 0.3) is 0 Å². The van der Waals surface area contributed by atoms with E-state index in [1.807, 2.05) is 17.0 Å². The number of carbonyl (C=O) groups excluding carboxylic acids is 2. The van der Waals surface area contributed by atoms with Gasteiger partial charge in [-0.2, -0.15) is 0 Å². The molecule has 3 rings (SSSR count). The van der Waals surface area contributed by atoms with Crippen LogP contribution in [0.5, 0.6) is 0 Å². The van der Waals surface area contributed by atoms with Gasteiger partial charge in [0.2, 0.25) is 5.91 Å². The molecule has 6 nitrogen and oxygen atoms in total. The molecule has 2 amide bonds. The number of amides is 2. The number of benzene rings is 1. The molecule has 0 spiro atoms. The normalized spacial score (nSPS) is 18.5. The third kappa shape index (κ3) is 3.42. The summed E-state index contributed by atoms with van der Waals surface area (Å²) in [6, 6.07) is 6.34. The van der Waals surface area contributed by atoms with Crippen molar-refractivity contribution < 1.29 is 19.5 Å². The topological polar surface area (TPSA) is 77.9 Å². The fourth-order valence-corrected chi connectivity index (χ4v) is 3.12. The average Bonchev–Trinajstić information content (AvgIpc) is 3.31. The first-order chi connectivity index (χ1) is 11.5. The summed E-state index contributed by atoms with van der Waals surface area (Å²) >= 11 is 0. The minimum absolute atomic E-state index is 0.0329. The van der Waals surface area contributed by atoms with Gasteiger partial charge in [-0.3, -0.25) is 9.59 Å². The summed E-state index contributed by atoms with van der Waals surface area (Å²) in [5.74, 6) is -1.05. The Hall–Kier alpha value is -2.37. The van der Waals surface area contributed by atoms with E-state index in [1.54, 1.807) is 19.1 Å². The molecule has 6 heteroatoms. The number of likely N-dealkylation sites (tertiary alicyclic amines) is 1. The maximum absolute atomic E-state index is 12.7. The molecule has 1 aliphatic carbocycles. The highest BCUT2D eigenvalue weighted by Crippen LogP contribution is 2.30. The standard InChI is InChI=1S/C18H22N2O4/c1-12(18(23)24)20(15-8-9-15)17(22)14-6-4-13(5-7-14)11-19-10-2-3-16(19)21/h4-7,12,15H,2-3,8-11H2,1H3,(H,23,24). The molecule has 2 aliphatic rings. The van der Waals surface area contributed by atoms with E-state index < -0.39 is 12.0 Å². The molecule has 1 heterocycles. The van der Waals surface area contributed by atoms with Gasteiger partial charge in [0.15, 0.2) is 0 Å². The quantitative estimate of drug-likeness (QED) is 0.864. The third-order valence-electron chi connectivity index (χ3n) is 4.70. The van der Waals surface area contributed by atoms with Crippen molar-refractivity contribution in [2.24, 2.45) is 0 Å². The highest BCUT2D eigenvalue weighted by atomic mass is 16.4. The van der Waals surface area contributed by atoms with Crippen molar-refractivity contribution in [2.75, 3.05) is 6.54 Å². The molecule has 2 fully saturated rings. The van der Waals surface area contributed by atoms with Crippen molar-refractivity contribution in [2.45, 2.75) is 51.2 Å². The summed E-state index contributed by atoms with van der Waals surface area (Å²) in [6.07, 6.45) is 3.23. The van der Waals surface area contributed by atoms with Gasteiger partial charge in [0.1, 0.15) is 6.04 Å². The summed E-state index contributed by atoms with van der Waals surface area (Å²) in [5, 5.41) is 9.22. The number of hydrogen-bond acceptors (Lipinski definition) is 3. The maximum Gasteiger partial charge on any atom is 0.326 e. The van der Waals surface area contributed by atoms with Gasteiger partial charge in [-0.25, -0.2) is 4.79 Å². The van der Waals surface area contributed by atoms with Crippen LogP contribution in [0.1, 0.15) is 48.5 Å². The van der Waals surface area contributed by atoms with Crippen LogP contribution in [0.2, 0.25) is 0 Å². The minimum Gasteiger partial charge on any atom is -0.480 e. The van der Waals surface area contributed by atoms with Crippen LogP contribution in [0.15, 0.2) is 24.3 Å². The predicted octanol–water partition coefficient (Wildman–Crippen LogP) is 1.89. The molecule has 1 aromatic carbocycles. The van der Waals surface area contributed by atoms with Gasteiger partial charge in [-0.15, -0.1) is 0 Å². The molecule has 0 radical (unpaired) electrons. The van der Waals surface area contributed by atoms with Crippen molar-refractivity contribution in [1.82, 2.24) is 9.80 Å². The molecule has 0 bridgehead atoms. The molecule has 1 saturated carbocycles. The van der Waals surface area contributed by atoms with E-state index in [0.29, 0.717) is 18.5 Å². The van der Waals surface area contributed by atoms with Crippen LogP contribution < -0.4 is 0 Å². The lowest BCUT2D eigenvalue weighted by Crippen LogP contribution is -2.44. The SMILES string of the molecule is CC(C(=O)O)N(C(=O)c1ccc(CN2CCCC2=O)cc1)C1CC1. The van der Waals surface area contributed by atoms with Crippen LogP contribution in [0, 0.1) is 0 Å². The second kappa shape index (κ2) is 6.63. The zero-order chi connectivity index (χ0) is 17.3. The first-order valence-electron chi connectivity index (χ1n) is 8.39. The highest BCUT2D eigenvalue weighted by molar-refractivity contribution is 5.97. The minimum atomic E-state index is -0.987. The average molecular weight is 330 g/mol. The Labute approximate surface area is 141 Å². The second-order valence-electron chi connectivity index (χ2n) is 6.57. The van der Waals surface area contributed by atoms with E-state index in [0.717, 1.165) is 31.4 Å². The van der Waals surface area contributed by atoms with Gasteiger partial charge < -0.3 is 14.9 Å². The molecule has 128 valence electrons. The molecule has 1 N–H and O–H groups in total. The number of rotatable bonds is 6. The maximum atomic E-state index is 12.7. The van der Waals surface area contributed by atoms with E-state index >= 15 is 0 Å². The van der Waals surface area contributed by atoms with Gasteiger partial charge in [0.05, 0.1) is 0 Å². The van der Waals surface area contributed by atoms with E-state index in [9.17, 15) is 19.5 Å². The molecule has 24 heavy (non-hydrogen) atoms. The molecular formula is C18H22N2O4. The molecule has 1 unspecified atom stereocenters. The van der Waals surface area contributed by atoms with Gasteiger partial charge in [0, 0.05) is 31.1 Å². The van der Waals surface area contributed by atoms with Gasteiger partial charge in [-0.1, -0.05) is 12.1 Å². The number of carbonyl (C=O) groups is 3. The Morgan fingerprint density at radius 1 is 1.29 bits per heavy atom. The Balaban J connectivity index is 1.70. The zero-order valence-electron chi connectivity index (χ0n) is 13.8. The predicted molar refractivity (Wildman–Crippen MR) is 87.4 cm³/mol. The van der Waals surface area contributed by atoms with Crippen molar-refractivity contribution in [1.29, 1.82) is 0 Å². The lowest BCUT2D eigenvalue weighted by Gasteiger charge is -2.26. The number of aliphatic carboxylic acids is 1. The summed E-state index contributed by atoms with van der Waals surface area (Å²) < 4.78 is 0. The molecule has 0 aromatic heterocycles. The zero-order valence-corrected chi connectivity index (χ0v) is 13.8. The number of nitrogens with zero attached hydrogens (tertiary/aromatic N) is 2. The van der Waals surface area contributed by atoms with Crippen molar-refractivity contribution in [3.8, 4) is 0 Å². The molecule has 1 saturated heterocycles. The van der Waals surface area contributed by atoms with Crippen LogP contribution in [0.4, 0.5) is 0 Å². The van der Waals surface area contributed by atoms with Crippen LogP contribution >= 0.6 is 0 Å². The molecule has 1 atom stereocenters. The smallest absolute Gasteiger partial charge is 0.326 e. The van der Waals surface area contributed by atoms with Crippen LogP contribution in [-0.4, -0.2) is 51.3 Å². The Morgan fingerprint density at radius 3 is 2.46 bits per heavy atom. The van der Waals surface area contributed by atoms with Crippen LogP contribution in [-0.2, 0) is 16.1 Å². The monoisotopic (exact) mass is 330 g/mol.